The van der Waals surface area contributed by atoms with Gasteiger partial charge in [0.1, 0.15) is 0 Å². The van der Waals surface area contributed by atoms with Crippen LogP contribution in [0.1, 0.15) is 6.92 Å². The van der Waals surface area contributed by atoms with Gasteiger partial charge in [0.2, 0.25) is 0 Å². The van der Waals surface area contributed by atoms with E-state index in [0.29, 0.717) is 0 Å². The Morgan fingerprint density at radius 2 is 1.09 bits per heavy atom. The Balaban J connectivity index is 2.11. The zero-order valence-corrected chi connectivity index (χ0v) is 13.0. The Bertz CT molecular complexity index is 750. The molecule has 3 fully saturated rings. The van der Waals surface area contributed by atoms with Gasteiger partial charge >= 0.3 is 43.1 Å². The second-order valence-electron chi connectivity index (χ2n) is 4.46. The van der Waals surface area contributed by atoms with Crippen molar-refractivity contribution in [2.24, 2.45) is 5.41 Å². The highest BCUT2D eigenvalue weighted by molar-refractivity contribution is 7.83. The molecule has 134 valence electrons. The summed E-state index contributed by atoms with van der Waals surface area (Å²) in [6.45, 7) is -0.411. The molecular formula is C5H6O15S3. The molecule has 2 spiro atoms. The van der Waals surface area contributed by atoms with Crippen LogP contribution < -0.4 is 0 Å². The number of hydrogen-bond acceptors (Lipinski definition) is 15. The molecule has 15 nitrogen and oxygen atoms in total. The van der Waals surface area contributed by atoms with E-state index in [-0.39, 0.29) is 0 Å². The maximum absolute atomic E-state index is 11.2. The summed E-state index contributed by atoms with van der Waals surface area (Å²) in [5.74, 6) is -6.07. The SMILES string of the molecule is CC1(CO)C2(OOS(=O)(=O)OOC13OS(=O)(=O)O3)OS(=O)(=O)O2. The Hall–Kier alpha value is -0.510. The van der Waals surface area contributed by atoms with Gasteiger partial charge in [0, 0.05) is 0 Å². The summed E-state index contributed by atoms with van der Waals surface area (Å²) in [5.41, 5.74) is -2.49. The van der Waals surface area contributed by atoms with Gasteiger partial charge in [0.15, 0.2) is 5.41 Å². The van der Waals surface area contributed by atoms with E-state index in [4.69, 9.17) is 0 Å². The lowest BCUT2D eigenvalue weighted by Gasteiger charge is -2.54. The number of hydrogen-bond donors (Lipinski definition) is 1. The molecule has 1 N–H and O–H groups in total. The summed E-state index contributed by atoms with van der Waals surface area (Å²) >= 11 is 0. The molecule has 0 unspecified atom stereocenters. The average Bonchev–Trinajstić information content (AvgIpc) is 2.35. The first-order valence-corrected chi connectivity index (χ1v) is 9.23. The quantitative estimate of drug-likeness (QED) is 0.436. The zero-order chi connectivity index (χ0) is 17.4. The first-order valence-electron chi connectivity index (χ1n) is 5.23. The van der Waals surface area contributed by atoms with Crippen LogP contribution in [0.5, 0.6) is 0 Å². The van der Waals surface area contributed by atoms with E-state index in [1.54, 1.807) is 0 Å². The van der Waals surface area contributed by atoms with Gasteiger partial charge in [-0.25, -0.2) is 0 Å². The first-order chi connectivity index (χ1) is 10.3. The smallest absolute Gasteiger partial charge is 0.395 e. The van der Waals surface area contributed by atoms with Crippen molar-refractivity contribution in [2.75, 3.05) is 6.61 Å². The van der Waals surface area contributed by atoms with Crippen LogP contribution in [0.15, 0.2) is 0 Å². The van der Waals surface area contributed by atoms with Gasteiger partial charge in [-0.05, 0) is 6.92 Å². The third kappa shape index (κ3) is 2.39. The van der Waals surface area contributed by atoms with E-state index in [0.717, 1.165) is 6.92 Å². The second-order valence-corrected chi connectivity index (χ2v) is 7.85. The number of aliphatic hydroxyl groups excluding tert-OH is 1. The van der Waals surface area contributed by atoms with Gasteiger partial charge in [-0.15, -0.1) is 9.78 Å². The molecule has 3 aliphatic rings. The van der Waals surface area contributed by atoms with Crippen molar-refractivity contribution in [2.45, 2.75) is 18.9 Å². The molecule has 23 heavy (non-hydrogen) atoms. The van der Waals surface area contributed by atoms with E-state index in [9.17, 15) is 30.4 Å². The zero-order valence-electron chi connectivity index (χ0n) is 10.6. The van der Waals surface area contributed by atoms with Crippen molar-refractivity contribution in [1.82, 2.24) is 0 Å². The van der Waals surface area contributed by atoms with E-state index in [1.165, 1.54) is 0 Å². The minimum atomic E-state index is -5.11. The van der Waals surface area contributed by atoms with Gasteiger partial charge in [-0.1, -0.05) is 8.67 Å². The third-order valence-electron chi connectivity index (χ3n) is 2.97. The summed E-state index contributed by atoms with van der Waals surface area (Å²) in [6, 6.07) is 0. The van der Waals surface area contributed by atoms with Crippen LogP contribution in [0.2, 0.25) is 0 Å². The summed E-state index contributed by atoms with van der Waals surface area (Å²) in [4.78, 5) is 8.46. The van der Waals surface area contributed by atoms with Gasteiger partial charge in [0.05, 0.1) is 6.61 Å². The Morgan fingerprint density at radius 3 is 1.35 bits per heavy atom. The van der Waals surface area contributed by atoms with Gasteiger partial charge in [0.25, 0.3) is 0 Å². The fraction of sp³-hybridized carbons (Fsp3) is 1.00. The summed E-state index contributed by atoms with van der Waals surface area (Å²) < 4.78 is 91.4. The molecule has 3 heterocycles. The molecule has 0 amide bonds. The standard InChI is InChI=1S/C5H6O15S3/c1-3(2-6)4(15-21(7,8)16-4)13-19-23(11,12)20-14-5(3)17-22(9,10)18-5/h6H,2H2,1H3. The molecule has 0 atom stereocenters. The topological polar surface area (TPSA) is 196 Å². The highest BCUT2D eigenvalue weighted by Gasteiger charge is 2.83. The van der Waals surface area contributed by atoms with Gasteiger partial charge in [-0.2, -0.15) is 42.0 Å². The van der Waals surface area contributed by atoms with Crippen LogP contribution in [-0.2, 0) is 66.4 Å². The number of rotatable bonds is 1. The fourth-order valence-corrected chi connectivity index (χ4v) is 4.04. The highest BCUT2D eigenvalue weighted by atomic mass is 32.3. The molecule has 3 aliphatic heterocycles. The monoisotopic (exact) mass is 402 g/mol. The van der Waals surface area contributed by atoms with Crippen molar-refractivity contribution in [3.8, 4) is 0 Å². The van der Waals surface area contributed by atoms with E-state index >= 15 is 0 Å². The van der Waals surface area contributed by atoms with Crippen molar-refractivity contribution >= 4 is 31.2 Å². The predicted octanol–water partition coefficient (Wildman–Crippen LogP) is -2.97. The van der Waals surface area contributed by atoms with E-state index in [2.05, 4.69) is 35.2 Å². The minimum absolute atomic E-state index is 0.834. The molecule has 3 saturated heterocycles. The molecule has 18 heteroatoms. The Kier molecular flexibility index (Phi) is 3.43. The number of aliphatic hydroxyl groups is 1. The van der Waals surface area contributed by atoms with E-state index in [1.807, 2.05) is 0 Å². The summed E-state index contributed by atoms with van der Waals surface area (Å²) in [6.07, 6.45) is 0. The maximum Gasteiger partial charge on any atom is 0.453 e. The summed E-state index contributed by atoms with van der Waals surface area (Å²) in [5, 5.41) is 9.51. The lowest BCUT2D eigenvalue weighted by Crippen LogP contribution is -2.77. The fourth-order valence-electron chi connectivity index (χ4n) is 1.72. The van der Waals surface area contributed by atoms with Crippen LogP contribution >= 0.6 is 0 Å². The largest absolute Gasteiger partial charge is 0.453 e. The predicted molar refractivity (Wildman–Crippen MR) is 56.1 cm³/mol. The maximum atomic E-state index is 11.2. The second kappa shape index (κ2) is 4.56. The van der Waals surface area contributed by atoms with Crippen LogP contribution in [0.3, 0.4) is 0 Å². The van der Waals surface area contributed by atoms with Crippen LogP contribution in [0.4, 0.5) is 0 Å². The van der Waals surface area contributed by atoms with Crippen molar-refractivity contribution in [1.29, 1.82) is 0 Å². The normalized spacial score (nSPS) is 38.9. The molecule has 0 aromatic heterocycles. The Labute approximate surface area is 128 Å². The molecule has 0 aromatic carbocycles. The molecule has 0 radical (unpaired) electrons. The van der Waals surface area contributed by atoms with Crippen LogP contribution in [0.25, 0.3) is 0 Å². The van der Waals surface area contributed by atoms with Gasteiger partial charge in [-0.3, -0.25) is 0 Å². The Morgan fingerprint density at radius 1 is 0.739 bits per heavy atom. The first kappa shape index (κ1) is 17.3. The van der Waals surface area contributed by atoms with Gasteiger partial charge < -0.3 is 5.11 Å². The van der Waals surface area contributed by atoms with Crippen LogP contribution in [-0.4, -0.2) is 48.9 Å². The van der Waals surface area contributed by atoms with Crippen LogP contribution in [0, 0.1) is 5.41 Å². The third-order valence-corrected chi connectivity index (χ3v) is 5.13. The van der Waals surface area contributed by atoms with Crippen molar-refractivity contribution in [3.05, 3.63) is 0 Å². The molecule has 0 bridgehead atoms. The van der Waals surface area contributed by atoms with E-state index < -0.39 is 55.2 Å². The molecular weight excluding hydrogens is 396 g/mol. The highest BCUT2D eigenvalue weighted by Crippen LogP contribution is 2.58. The lowest BCUT2D eigenvalue weighted by atomic mass is 9.85. The molecule has 3 rings (SSSR count). The minimum Gasteiger partial charge on any atom is -0.395 e. The lowest BCUT2D eigenvalue weighted by molar-refractivity contribution is -0.591. The average molecular weight is 402 g/mol. The molecule has 0 aromatic rings. The summed E-state index contributed by atoms with van der Waals surface area (Å²) in [7, 11) is -14.4. The van der Waals surface area contributed by atoms with Crippen molar-refractivity contribution in [3.63, 3.8) is 0 Å². The molecule has 0 aliphatic carbocycles. The molecule has 0 saturated carbocycles. The van der Waals surface area contributed by atoms with Crippen molar-refractivity contribution < 1.29 is 65.5 Å².